The minimum Gasteiger partial charge on any atom is -0.496 e. The molecule has 0 unspecified atom stereocenters. The molecule has 1 aromatic carbocycles. The van der Waals surface area contributed by atoms with Gasteiger partial charge in [-0.3, -0.25) is 4.79 Å². The Bertz CT molecular complexity index is 501. The first-order chi connectivity index (χ1) is 10.1. The van der Waals surface area contributed by atoms with Crippen molar-refractivity contribution in [2.24, 2.45) is 5.41 Å². The Balaban J connectivity index is 1.99. The lowest BCUT2D eigenvalue weighted by atomic mass is 9.75. The molecule has 21 heavy (non-hydrogen) atoms. The molecule has 0 aromatic heterocycles. The fraction of sp³-hybridized carbons (Fsp3) is 0.562. The topological polar surface area (TPSA) is 38.3 Å². The van der Waals surface area contributed by atoms with Crippen LogP contribution in [0.15, 0.2) is 22.7 Å². The summed E-state index contributed by atoms with van der Waals surface area (Å²) in [6, 6.07) is 5.34. The van der Waals surface area contributed by atoms with E-state index in [1.54, 1.807) is 25.3 Å². The number of ether oxygens (including phenoxy) is 1. The second kappa shape index (κ2) is 7.50. The summed E-state index contributed by atoms with van der Waals surface area (Å²) in [5, 5.41) is 3.04. The second-order valence-corrected chi connectivity index (χ2v) is 6.85. The molecule has 0 radical (unpaired) electrons. The zero-order valence-electron chi connectivity index (χ0n) is 12.3. The summed E-state index contributed by atoms with van der Waals surface area (Å²) in [6.45, 7) is 0.652. The molecule has 0 heterocycles. The standard InChI is InChI=1S/C16H21BrClNO2/c1-21-14-6-5-12(9-13(14)17)15(20)19-11-16(10-18)7-3-2-4-8-16/h5-6,9H,2-4,7-8,10-11H2,1H3,(H,19,20). The molecule has 1 saturated carbocycles. The molecule has 1 N–H and O–H groups in total. The van der Waals surface area contributed by atoms with E-state index in [9.17, 15) is 4.79 Å². The van der Waals surface area contributed by atoms with Gasteiger partial charge < -0.3 is 10.1 Å². The smallest absolute Gasteiger partial charge is 0.251 e. The van der Waals surface area contributed by atoms with Crippen LogP contribution in [0, 0.1) is 5.41 Å². The highest BCUT2D eigenvalue weighted by Gasteiger charge is 2.31. The van der Waals surface area contributed by atoms with Gasteiger partial charge in [-0.15, -0.1) is 11.6 Å². The molecule has 0 saturated heterocycles. The van der Waals surface area contributed by atoms with Gasteiger partial charge in [0.05, 0.1) is 11.6 Å². The van der Waals surface area contributed by atoms with Crippen LogP contribution in [0.4, 0.5) is 0 Å². The second-order valence-electron chi connectivity index (χ2n) is 5.73. The van der Waals surface area contributed by atoms with E-state index in [0.717, 1.165) is 23.1 Å². The number of hydrogen-bond donors (Lipinski definition) is 1. The molecular formula is C16H21BrClNO2. The van der Waals surface area contributed by atoms with Crippen LogP contribution < -0.4 is 10.1 Å². The quantitative estimate of drug-likeness (QED) is 0.777. The van der Waals surface area contributed by atoms with Crippen molar-refractivity contribution in [3.05, 3.63) is 28.2 Å². The van der Waals surface area contributed by atoms with Gasteiger partial charge in [0.25, 0.3) is 5.91 Å². The predicted molar refractivity (Wildman–Crippen MR) is 89.3 cm³/mol. The van der Waals surface area contributed by atoms with Crippen LogP contribution in [0.1, 0.15) is 42.5 Å². The third kappa shape index (κ3) is 4.13. The number of alkyl halides is 1. The van der Waals surface area contributed by atoms with Gasteiger partial charge in [-0.2, -0.15) is 0 Å². The molecule has 3 nitrogen and oxygen atoms in total. The van der Waals surface area contributed by atoms with Gasteiger partial charge in [0.1, 0.15) is 5.75 Å². The molecule has 5 heteroatoms. The molecule has 1 aromatic rings. The molecule has 0 aliphatic heterocycles. The maximum absolute atomic E-state index is 12.3. The SMILES string of the molecule is COc1ccc(C(=O)NCC2(CCl)CCCCC2)cc1Br. The number of rotatable bonds is 5. The summed E-state index contributed by atoms with van der Waals surface area (Å²) in [7, 11) is 1.60. The van der Waals surface area contributed by atoms with Crippen LogP contribution in [-0.4, -0.2) is 25.4 Å². The van der Waals surface area contributed by atoms with E-state index in [4.69, 9.17) is 16.3 Å². The number of carbonyl (C=O) groups is 1. The highest BCUT2D eigenvalue weighted by atomic mass is 79.9. The van der Waals surface area contributed by atoms with Crippen molar-refractivity contribution < 1.29 is 9.53 Å². The van der Waals surface area contributed by atoms with Gasteiger partial charge in [0.15, 0.2) is 0 Å². The third-order valence-corrected chi connectivity index (χ3v) is 5.42. The highest BCUT2D eigenvalue weighted by molar-refractivity contribution is 9.10. The summed E-state index contributed by atoms with van der Waals surface area (Å²) in [5.41, 5.74) is 0.697. The van der Waals surface area contributed by atoms with E-state index in [-0.39, 0.29) is 11.3 Å². The van der Waals surface area contributed by atoms with E-state index in [1.807, 2.05) is 0 Å². The Morgan fingerprint density at radius 2 is 2.10 bits per heavy atom. The molecule has 1 amide bonds. The van der Waals surface area contributed by atoms with E-state index in [2.05, 4.69) is 21.2 Å². The van der Waals surface area contributed by atoms with E-state index < -0.39 is 0 Å². The van der Waals surface area contributed by atoms with Gasteiger partial charge in [0, 0.05) is 23.4 Å². The van der Waals surface area contributed by atoms with Gasteiger partial charge in [-0.25, -0.2) is 0 Å². The van der Waals surface area contributed by atoms with Crippen molar-refractivity contribution >= 4 is 33.4 Å². The van der Waals surface area contributed by atoms with E-state index >= 15 is 0 Å². The number of benzene rings is 1. The summed E-state index contributed by atoms with van der Waals surface area (Å²) in [5.74, 6) is 1.27. The maximum atomic E-state index is 12.3. The molecule has 116 valence electrons. The number of methoxy groups -OCH3 is 1. The third-order valence-electron chi connectivity index (χ3n) is 4.24. The van der Waals surface area contributed by atoms with Crippen molar-refractivity contribution in [2.45, 2.75) is 32.1 Å². The van der Waals surface area contributed by atoms with Gasteiger partial charge in [-0.1, -0.05) is 19.3 Å². The Morgan fingerprint density at radius 1 is 1.38 bits per heavy atom. The minimum atomic E-state index is -0.0616. The Morgan fingerprint density at radius 3 is 2.67 bits per heavy atom. The summed E-state index contributed by atoms with van der Waals surface area (Å²) in [6.07, 6.45) is 5.89. The predicted octanol–water partition coefficient (Wildman–Crippen LogP) is 4.38. The van der Waals surface area contributed by atoms with Crippen LogP contribution in [0.2, 0.25) is 0 Å². The van der Waals surface area contributed by atoms with E-state index in [1.165, 1.54) is 19.3 Å². The first kappa shape index (κ1) is 16.6. The zero-order chi connectivity index (χ0) is 15.3. The monoisotopic (exact) mass is 373 g/mol. The highest BCUT2D eigenvalue weighted by Crippen LogP contribution is 2.36. The number of hydrogen-bond acceptors (Lipinski definition) is 2. The van der Waals surface area contributed by atoms with Gasteiger partial charge in [0.2, 0.25) is 0 Å². The first-order valence-electron chi connectivity index (χ1n) is 7.28. The van der Waals surface area contributed by atoms with Gasteiger partial charge >= 0.3 is 0 Å². The van der Waals surface area contributed by atoms with Crippen LogP contribution in [0.25, 0.3) is 0 Å². The average molecular weight is 375 g/mol. The molecule has 0 bridgehead atoms. The minimum absolute atomic E-state index is 0.0616. The fourth-order valence-corrected chi connectivity index (χ4v) is 3.74. The van der Waals surface area contributed by atoms with Crippen molar-refractivity contribution in [1.82, 2.24) is 5.32 Å². The molecule has 2 rings (SSSR count). The van der Waals surface area contributed by atoms with Crippen molar-refractivity contribution in [2.75, 3.05) is 19.5 Å². The van der Waals surface area contributed by atoms with Crippen LogP contribution in [0.3, 0.4) is 0 Å². The Hall–Kier alpha value is -0.740. The van der Waals surface area contributed by atoms with Crippen molar-refractivity contribution in [1.29, 1.82) is 0 Å². The first-order valence-corrected chi connectivity index (χ1v) is 8.61. The van der Waals surface area contributed by atoms with Crippen LogP contribution in [-0.2, 0) is 0 Å². The molecule has 1 fully saturated rings. The molecule has 1 aliphatic rings. The molecule has 0 atom stereocenters. The Kier molecular flexibility index (Phi) is 5.94. The lowest BCUT2D eigenvalue weighted by Crippen LogP contribution is -2.40. The summed E-state index contributed by atoms with van der Waals surface area (Å²) < 4.78 is 5.95. The van der Waals surface area contributed by atoms with Crippen LogP contribution in [0.5, 0.6) is 5.75 Å². The zero-order valence-corrected chi connectivity index (χ0v) is 14.6. The molecule has 1 aliphatic carbocycles. The number of carbonyl (C=O) groups excluding carboxylic acids is 1. The van der Waals surface area contributed by atoms with Crippen molar-refractivity contribution in [3.8, 4) is 5.75 Å². The number of nitrogens with one attached hydrogen (secondary N) is 1. The lowest BCUT2D eigenvalue weighted by molar-refractivity contribution is 0.0921. The van der Waals surface area contributed by atoms with E-state index in [0.29, 0.717) is 18.0 Å². The van der Waals surface area contributed by atoms with Gasteiger partial charge in [-0.05, 0) is 47.0 Å². The molecular weight excluding hydrogens is 354 g/mol. The largest absolute Gasteiger partial charge is 0.496 e. The molecule has 0 spiro atoms. The number of halogens is 2. The van der Waals surface area contributed by atoms with Crippen molar-refractivity contribution in [3.63, 3.8) is 0 Å². The fourth-order valence-electron chi connectivity index (χ4n) is 2.84. The maximum Gasteiger partial charge on any atom is 0.251 e. The average Bonchev–Trinajstić information content (AvgIpc) is 2.53. The summed E-state index contributed by atoms with van der Waals surface area (Å²) >= 11 is 9.56. The number of amides is 1. The Labute approximate surface area is 139 Å². The summed E-state index contributed by atoms with van der Waals surface area (Å²) in [4.78, 5) is 12.3. The van der Waals surface area contributed by atoms with Crippen LogP contribution >= 0.6 is 27.5 Å². The lowest BCUT2D eigenvalue weighted by Gasteiger charge is -2.35. The normalized spacial score (nSPS) is 17.3.